The van der Waals surface area contributed by atoms with Crippen LogP contribution in [0.1, 0.15) is 22.3 Å². The highest BCUT2D eigenvalue weighted by Gasteiger charge is 2.49. The molecule has 4 aromatic rings. The Bertz CT molecular complexity index is 1380. The number of methoxy groups -OCH3 is 1. The summed E-state index contributed by atoms with van der Waals surface area (Å²) in [5, 5.41) is 0. The van der Waals surface area contributed by atoms with E-state index in [0.29, 0.717) is 26.4 Å². The van der Waals surface area contributed by atoms with Gasteiger partial charge in [0.05, 0.1) is 46.8 Å². The van der Waals surface area contributed by atoms with E-state index in [0.717, 1.165) is 28.0 Å². The molecule has 0 aromatic heterocycles. The lowest BCUT2D eigenvalue weighted by molar-refractivity contribution is -0.326. The van der Waals surface area contributed by atoms with E-state index >= 15 is 0 Å². The first kappa shape index (κ1) is 32.6. The molecule has 7 heteroatoms. The van der Waals surface area contributed by atoms with Gasteiger partial charge in [0, 0.05) is 0 Å². The van der Waals surface area contributed by atoms with E-state index in [4.69, 9.17) is 33.2 Å². The monoisotopic (exact) mass is 610 g/mol. The Balaban J connectivity index is 1.42. The van der Waals surface area contributed by atoms with Crippen LogP contribution in [-0.2, 0) is 54.8 Å². The molecule has 45 heavy (non-hydrogen) atoms. The average Bonchev–Trinajstić information content (AvgIpc) is 3.10. The predicted octanol–water partition coefficient (Wildman–Crippen LogP) is 6.90. The van der Waals surface area contributed by atoms with Gasteiger partial charge in [-0.2, -0.15) is 0 Å². The van der Waals surface area contributed by atoms with Crippen LogP contribution in [0.25, 0.3) is 0 Å². The normalized spacial score (nSPS) is 21.3. The van der Waals surface area contributed by atoms with E-state index in [-0.39, 0.29) is 13.2 Å². The fraction of sp³-hybridized carbons (Fsp3) is 0.316. The summed E-state index contributed by atoms with van der Waals surface area (Å²) in [4.78, 5) is 0. The molecule has 0 bridgehead atoms. The molecule has 0 unspecified atom stereocenters. The second kappa shape index (κ2) is 17.6. The number of benzene rings is 4. The molecule has 5 atom stereocenters. The summed E-state index contributed by atoms with van der Waals surface area (Å²) >= 11 is 0. The first-order chi connectivity index (χ1) is 22.2. The maximum atomic E-state index is 6.72. The zero-order valence-electron chi connectivity index (χ0n) is 25.7. The van der Waals surface area contributed by atoms with E-state index in [1.807, 2.05) is 115 Å². The van der Waals surface area contributed by atoms with Crippen LogP contribution in [0.5, 0.6) is 5.75 Å². The maximum Gasteiger partial charge on any atom is 0.187 e. The SMILES string of the molecule is C=CCO[C@@H]1O[C@H](COCc2ccccc2)[C@H](OCc2ccccc2)[C@H](OCc2ccc(OC)cc2)[C@H]1OCc1ccccc1. The molecule has 236 valence electrons. The standard InChI is InChI=1S/C38H42O7/c1-3-23-41-38-37(44-26-31-17-11-6-12-18-31)36(43-27-32-19-21-33(39-2)22-20-32)35(42-25-30-15-9-5-10-16-30)34(45-38)28-40-24-29-13-7-4-8-14-29/h3-22,34-38H,1,23-28H2,2H3/t34-,35+,36+,37-,38-/m1/s1. The van der Waals surface area contributed by atoms with Crippen molar-refractivity contribution in [2.75, 3.05) is 20.3 Å². The minimum atomic E-state index is -0.741. The minimum absolute atomic E-state index is 0.274. The Morgan fingerprint density at radius 3 is 1.60 bits per heavy atom. The van der Waals surface area contributed by atoms with Crippen LogP contribution < -0.4 is 4.74 Å². The third kappa shape index (κ3) is 9.83. The third-order valence-corrected chi connectivity index (χ3v) is 7.54. The molecule has 0 saturated carbocycles. The number of hydrogen-bond acceptors (Lipinski definition) is 7. The summed E-state index contributed by atoms with van der Waals surface area (Å²) in [5.74, 6) is 0.784. The van der Waals surface area contributed by atoms with Crippen LogP contribution >= 0.6 is 0 Å². The lowest BCUT2D eigenvalue weighted by Crippen LogP contribution is -2.61. The molecule has 0 amide bonds. The topological polar surface area (TPSA) is 64.6 Å². The predicted molar refractivity (Wildman–Crippen MR) is 173 cm³/mol. The van der Waals surface area contributed by atoms with E-state index in [1.165, 1.54) is 0 Å². The molecule has 5 rings (SSSR count). The van der Waals surface area contributed by atoms with Gasteiger partial charge < -0.3 is 33.2 Å². The Kier molecular flexibility index (Phi) is 12.7. The van der Waals surface area contributed by atoms with Crippen LogP contribution in [0.3, 0.4) is 0 Å². The molecular weight excluding hydrogens is 568 g/mol. The number of hydrogen-bond donors (Lipinski definition) is 0. The average molecular weight is 611 g/mol. The lowest BCUT2D eigenvalue weighted by atomic mass is 9.97. The molecule has 4 aromatic carbocycles. The van der Waals surface area contributed by atoms with Gasteiger partial charge in [-0.15, -0.1) is 6.58 Å². The second-order valence-electron chi connectivity index (χ2n) is 10.8. The summed E-state index contributed by atoms with van der Waals surface area (Å²) in [7, 11) is 1.65. The molecule has 0 N–H and O–H groups in total. The van der Waals surface area contributed by atoms with Crippen molar-refractivity contribution in [3.8, 4) is 5.75 Å². The van der Waals surface area contributed by atoms with Gasteiger partial charge in [0.2, 0.25) is 0 Å². The van der Waals surface area contributed by atoms with Gasteiger partial charge in [-0.05, 0) is 34.4 Å². The lowest BCUT2D eigenvalue weighted by Gasteiger charge is -2.45. The largest absolute Gasteiger partial charge is 0.497 e. The molecule has 7 nitrogen and oxygen atoms in total. The van der Waals surface area contributed by atoms with Gasteiger partial charge in [0.1, 0.15) is 30.2 Å². The first-order valence-corrected chi connectivity index (χ1v) is 15.3. The van der Waals surface area contributed by atoms with Crippen molar-refractivity contribution in [2.24, 2.45) is 0 Å². The smallest absolute Gasteiger partial charge is 0.187 e. The van der Waals surface area contributed by atoms with E-state index in [1.54, 1.807) is 13.2 Å². The van der Waals surface area contributed by atoms with Crippen molar-refractivity contribution in [3.63, 3.8) is 0 Å². The molecular formula is C38H42O7. The van der Waals surface area contributed by atoms with Crippen LogP contribution in [-0.4, -0.2) is 51.0 Å². The minimum Gasteiger partial charge on any atom is -0.497 e. The van der Waals surface area contributed by atoms with Gasteiger partial charge in [-0.3, -0.25) is 0 Å². The Labute approximate surface area is 266 Å². The summed E-state index contributed by atoms with van der Waals surface area (Å²) < 4.78 is 44.3. The molecule has 1 aliphatic heterocycles. The summed E-state index contributed by atoms with van der Waals surface area (Å²) in [6.07, 6.45) is -1.21. The van der Waals surface area contributed by atoms with E-state index < -0.39 is 30.7 Å². The van der Waals surface area contributed by atoms with Crippen molar-refractivity contribution >= 4 is 0 Å². The zero-order valence-corrected chi connectivity index (χ0v) is 25.7. The third-order valence-electron chi connectivity index (χ3n) is 7.54. The number of rotatable bonds is 17. The molecule has 0 spiro atoms. The van der Waals surface area contributed by atoms with Gasteiger partial charge >= 0.3 is 0 Å². The van der Waals surface area contributed by atoms with Gasteiger partial charge in [0.15, 0.2) is 6.29 Å². The zero-order chi connectivity index (χ0) is 31.1. The number of ether oxygens (including phenoxy) is 7. The molecule has 1 aliphatic rings. The van der Waals surface area contributed by atoms with Crippen LogP contribution in [0, 0.1) is 0 Å². The summed E-state index contributed by atoms with van der Waals surface area (Å²) in [5.41, 5.74) is 4.14. The van der Waals surface area contributed by atoms with Crippen molar-refractivity contribution in [1.29, 1.82) is 0 Å². The quantitative estimate of drug-likeness (QED) is 0.121. The molecule has 1 fully saturated rings. The highest BCUT2D eigenvalue weighted by atomic mass is 16.7. The molecule has 1 heterocycles. The van der Waals surface area contributed by atoms with E-state index in [2.05, 4.69) is 6.58 Å². The fourth-order valence-corrected chi connectivity index (χ4v) is 5.19. The maximum absolute atomic E-state index is 6.72. The second-order valence-corrected chi connectivity index (χ2v) is 10.8. The summed E-state index contributed by atoms with van der Waals surface area (Å²) in [6.45, 7) is 5.89. The molecule has 0 aliphatic carbocycles. The highest BCUT2D eigenvalue weighted by molar-refractivity contribution is 5.26. The summed E-state index contributed by atoms with van der Waals surface area (Å²) in [6, 6.07) is 38.0. The molecule has 1 saturated heterocycles. The van der Waals surface area contributed by atoms with Crippen molar-refractivity contribution in [2.45, 2.75) is 57.1 Å². The first-order valence-electron chi connectivity index (χ1n) is 15.3. The highest BCUT2D eigenvalue weighted by Crippen LogP contribution is 2.32. The Hall–Kier alpha value is -3.82. The Morgan fingerprint density at radius 2 is 1.07 bits per heavy atom. The van der Waals surface area contributed by atoms with Crippen molar-refractivity contribution in [1.82, 2.24) is 0 Å². The van der Waals surface area contributed by atoms with Gasteiger partial charge in [-0.25, -0.2) is 0 Å². The fourth-order valence-electron chi connectivity index (χ4n) is 5.19. The van der Waals surface area contributed by atoms with Gasteiger partial charge in [-0.1, -0.05) is 109 Å². The molecule has 0 radical (unpaired) electrons. The van der Waals surface area contributed by atoms with Crippen LogP contribution in [0.4, 0.5) is 0 Å². The van der Waals surface area contributed by atoms with Gasteiger partial charge in [0.25, 0.3) is 0 Å². The van der Waals surface area contributed by atoms with E-state index in [9.17, 15) is 0 Å². The van der Waals surface area contributed by atoms with Crippen molar-refractivity contribution in [3.05, 3.63) is 150 Å². The van der Waals surface area contributed by atoms with Crippen LogP contribution in [0.2, 0.25) is 0 Å². The van der Waals surface area contributed by atoms with Crippen molar-refractivity contribution < 1.29 is 33.2 Å². The van der Waals surface area contributed by atoms with Crippen LogP contribution in [0.15, 0.2) is 128 Å². The Morgan fingerprint density at radius 1 is 0.578 bits per heavy atom.